The maximum Gasteiger partial charge on any atom is 0.144 e. The Morgan fingerprint density at radius 3 is 1.14 bits per heavy atom. The van der Waals surface area contributed by atoms with Gasteiger partial charge >= 0.3 is 0 Å². The van der Waals surface area contributed by atoms with Crippen LogP contribution in [0.2, 0.25) is 0 Å². The number of hydrogen-bond acceptors (Lipinski definition) is 24. The summed E-state index contributed by atoms with van der Waals surface area (Å²) in [6, 6.07) is 32.0. The highest BCUT2D eigenvalue weighted by molar-refractivity contribution is 5.95. The van der Waals surface area contributed by atoms with Crippen molar-refractivity contribution in [2.75, 3.05) is 72.6 Å². The van der Waals surface area contributed by atoms with Gasteiger partial charge in [0.25, 0.3) is 0 Å². The van der Waals surface area contributed by atoms with Crippen LogP contribution in [0.1, 0.15) is 58.7 Å². The molecular weight excluding hydrogens is 1020 g/mol. The van der Waals surface area contributed by atoms with E-state index >= 15 is 0 Å². The summed E-state index contributed by atoms with van der Waals surface area (Å²) in [6.07, 6.45) is 13.4. The molecule has 0 aliphatic heterocycles. The van der Waals surface area contributed by atoms with E-state index in [4.69, 9.17) is 22.9 Å². The first kappa shape index (κ1) is 58.3. The van der Waals surface area contributed by atoms with Gasteiger partial charge in [-0.25, -0.2) is 39.9 Å². The molecule has 13 N–H and O–H groups in total. The Bertz CT molecular complexity index is 3430. The summed E-state index contributed by atoms with van der Waals surface area (Å²) in [5.41, 5.74) is 34.0. The fourth-order valence-corrected chi connectivity index (χ4v) is 7.04. The van der Waals surface area contributed by atoms with Crippen LogP contribution in [0.5, 0.6) is 0 Å². The molecule has 0 unspecified atom stereocenters. The van der Waals surface area contributed by atoms with Crippen LogP contribution in [0.4, 0.5) is 69.3 Å². The van der Waals surface area contributed by atoms with E-state index < -0.39 is 0 Å². The Kier molecular flexibility index (Phi) is 21.8. The lowest BCUT2D eigenvalue weighted by Gasteiger charge is -2.11. The SMILES string of the molecule is CO/N=C/c1c(N)ncnc1Nc1ccc(C(C)C)cc1.CO/N=C/c1c(N)ncnc1Nc1ccc2[nH]ccc2c1.CO/N=C/c1c(N)ncnc1Nc1cccc(C)c1.CO/N=C/c1c(N)ncnc1Nc1cccc(C)c1. The van der Waals surface area contributed by atoms with Gasteiger partial charge in [0, 0.05) is 39.8 Å². The van der Waals surface area contributed by atoms with E-state index in [-0.39, 0.29) is 0 Å². The predicted octanol–water partition coefficient (Wildman–Crippen LogP) is 9.35. The summed E-state index contributed by atoms with van der Waals surface area (Å²) in [5.74, 6) is 4.16. The maximum absolute atomic E-state index is 5.85. The van der Waals surface area contributed by atoms with Crippen LogP contribution in [0.3, 0.4) is 0 Å². The molecule has 0 radical (unpaired) electrons. The van der Waals surface area contributed by atoms with Crippen molar-refractivity contribution in [1.29, 1.82) is 0 Å². The van der Waals surface area contributed by atoms with Crippen molar-refractivity contribution >= 4 is 105 Å². The lowest BCUT2D eigenvalue weighted by molar-refractivity contribution is 0.215. The van der Waals surface area contributed by atoms with Gasteiger partial charge < -0.3 is 68.5 Å². The zero-order valence-electron chi connectivity index (χ0n) is 45.3. The average Bonchev–Trinajstić information content (AvgIpc) is 3.93. The topological polar surface area (TPSA) is 357 Å². The highest BCUT2D eigenvalue weighted by Gasteiger charge is 2.12. The first-order valence-corrected chi connectivity index (χ1v) is 24.4. The summed E-state index contributed by atoms with van der Waals surface area (Å²) in [7, 11) is 5.85. The number of aryl methyl sites for hydroxylation is 2. The number of aromatic amines is 1. The van der Waals surface area contributed by atoms with Crippen molar-refractivity contribution in [2.24, 2.45) is 20.6 Å². The Hall–Kier alpha value is -11.0. The molecule has 5 heterocycles. The molecule has 0 saturated heterocycles. The van der Waals surface area contributed by atoms with Gasteiger partial charge in [0.2, 0.25) is 0 Å². The summed E-state index contributed by atoms with van der Waals surface area (Å²) < 4.78 is 0. The Labute approximate surface area is 462 Å². The molecule has 0 saturated carbocycles. The molecule has 4 aromatic carbocycles. The van der Waals surface area contributed by atoms with Gasteiger partial charge in [0.05, 0.1) is 47.1 Å². The number of nitrogen functional groups attached to an aromatic ring is 4. The maximum atomic E-state index is 5.85. The van der Waals surface area contributed by atoms with Crippen LogP contribution in [-0.4, -0.2) is 98.2 Å². The van der Waals surface area contributed by atoms with E-state index in [2.05, 4.69) is 132 Å². The van der Waals surface area contributed by atoms with Gasteiger partial charge in [-0.3, -0.25) is 0 Å². The van der Waals surface area contributed by atoms with Crippen molar-refractivity contribution in [1.82, 2.24) is 44.9 Å². The number of nitrogens with two attached hydrogens (primary N) is 4. The number of nitrogens with zero attached hydrogens (tertiary/aromatic N) is 12. The molecule has 412 valence electrons. The number of anilines is 12. The van der Waals surface area contributed by atoms with Crippen LogP contribution < -0.4 is 44.2 Å². The van der Waals surface area contributed by atoms with E-state index in [1.54, 1.807) is 0 Å². The number of benzene rings is 4. The fraction of sp³-hybridized carbons (Fsp3) is 0.164. The van der Waals surface area contributed by atoms with Crippen LogP contribution in [0.15, 0.2) is 149 Å². The number of rotatable bonds is 17. The van der Waals surface area contributed by atoms with Gasteiger partial charge in [0.15, 0.2) is 0 Å². The zero-order chi connectivity index (χ0) is 57.2. The van der Waals surface area contributed by atoms with Gasteiger partial charge in [-0.1, -0.05) is 70.9 Å². The second-order valence-corrected chi connectivity index (χ2v) is 17.0. The van der Waals surface area contributed by atoms with Gasteiger partial charge in [-0.15, -0.1) is 0 Å². The first-order valence-electron chi connectivity index (χ1n) is 24.4. The molecule has 0 aliphatic carbocycles. The normalized spacial score (nSPS) is 10.9. The highest BCUT2D eigenvalue weighted by Crippen LogP contribution is 2.26. The van der Waals surface area contributed by atoms with Gasteiger partial charge in [-0.05, 0) is 97.1 Å². The Morgan fingerprint density at radius 1 is 0.438 bits per heavy atom. The molecule has 0 aliphatic rings. The predicted molar refractivity (Wildman–Crippen MR) is 319 cm³/mol. The van der Waals surface area contributed by atoms with Crippen LogP contribution in [0, 0.1) is 13.8 Å². The summed E-state index contributed by atoms with van der Waals surface area (Å²) in [6.45, 7) is 8.36. The Balaban J connectivity index is 0.000000172. The van der Waals surface area contributed by atoms with Crippen molar-refractivity contribution in [2.45, 2.75) is 33.6 Å². The molecule has 0 amide bonds. The third kappa shape index (κ3) is 17.3. The highest BCUT2D eigenvalue weighted by atomic mass is 16.6. The lowest BCUT2D eigenvalue weighted by atomic mass is 10.0. The van der Waals surface area contributed by atoms with Crippen molar-refractivity contribution in [3.63, 3.8) is 0 Å². The first-order chi connectivity index (χ1) is 38.8. The van der Waals surface area contributed by atoms with Crippen molar-refractivity contribution in [3.8, 4) is 0 Å². The minimum atomic E-state index is 0.330. The molecule has 5 aromatic heterocycles. The minimum absolute atomic E-state index is 0.330. The number of hydrogen-bond donors (Lipinski definition) is 9. The number of oxime groups is 4. The lowest BCUT2D eigenvalue weighted by Crippen LogP contribution is -2.05. The summed E-state index contributed by atoms with van der Waals surface area (Å²) >= 11 is 0. The zero-order valence-corrected chi connectivity index (χ0v) is 45.3. The average molecular weight is 1080 g/mol. The molecule has 9 rings (SSSR count). The largest absolute Gasteiger partial charge is 0.399 e. The smallest absolute Gasteiger partial charge is 0.144 e. The van der Waals surface area contributed by atoms with Crippen molar-refractivity contribution in [3.05, 3.63) is 168 Å². The number of nitrogens with one attached hydrogen (secondary N) is 5. The molecule has 25 heteroatoms. The van der Waals surface area contributed by atoms with Gasteiger partial charge in [0.1, 0.15) is 100 Å². The van der Waals surface area contributed by atoms with Crippen LogP contribution >= 0.6 is 0 Å². The standard InChI is InChI=1S/C15H19N5O.C14H14N6O.2C13H15N5O/c1-10(2)11-4-6-12(7-5-11)20-15-13(8-19-21-3)14(16)17-9-18-15;1-21-19-7-11-13(15)17-8-18-14(11)20-10-2-3-12-9(6-10)4-5-16-12;2*1-9-4-3-5-10(6-9)18-13-11(7-17-19-2)12(14)15-8-16-13/h4-10H,1-3H3,(H3,16,17,18,20);2-8,16H,1H3,(H3,15,17,18,20);2*3-8H,1-2H3,(H3,14,15,16,18)/b19-8+;19-7+;2*17-7+. The van der Waals surface area contributed by atoms with E-state index in [1.807, 2.05) is 105 Å². The molecule has 25 nitrogen and oxygen atoms in total. The molecule has 0 fully saturated rings. The summed E-state index contributed by atoms with van der Waals surface area (Å²) in [5, 5.41) is 28.7. The molecule has 0 bridgehead atoms. The fourth-order valence-electron chi connectivity index (χ4n) is 7.04. The van der Waals surface area contributed by atoms with E-state index in [9.17, 15) is 0 Å². The van der Waals surface area contributed by atoms with E-state index in [0.29, 0.717) is 74.7 Å². The van der Waals surface area contributed by atoms with Gasteiger partial charge in [-0.2, -0.15) is 0 Å². The molecular formula is C55H63N21O4. The molecule has 9 aromatic rings. The molecule has 80 heavy (non-hydrogen) atoms. The van der Waals surface area contributed by atoms with Crippen LogP contribution in [0.25, 0.3) is 10.9 Å². The molecule has 0 spiro atoms. The van der Waals surface area contributed by atoms with E-state index in [1.165, 1.54) is 84.2 Å². The second-order valence-electron chi connectivity index (χ2n) is 17.0. The third-order valence-electron chi connectivity index (χ3n) is 11.0. The van der Waals surface area contributed by atoms with Crippen molar-refractivity contribution < 1.29 is 19.4 Å². The second kappa shape index (κ2) is 29.9. The monoisotopic (exact) mass is 1080 g/mol. The Morgan fingerprint density at radius 2 is 0.787 bits per heavy atom. The molecule has 0 atom stereocenters. The van der Waals surface area contributed by atoms with E-state index in [0.717, 1.165) is 44.8 Å². The summed E-state index contributed by atoms with van der Waals surface area (Å²) in [4.78, 5) is 54.3. The van der Waals surface area contributed by atoms with Crippen LogP contribution in [-0.2, 0) is 19.4 Å². The number of H-pyrrole nitrogens is 1. The third-order valence-corrected chi connectivity index (χ3v) is 11.0. The number of fused-ring (bicyclic) bond motifs is 1. The minimum Gasteiger partial charge on any atom is -0.399 e. The number of aromatic nitrogens is 9. The quantitative estimate of drug-likeness (QED) is 0.0303.